The molecular weight excluding hydrogens is 412 g/mol. The summed E-state index contributed by atoms with van der Waals surface area (Å²) in [5, 5.41) is 2.89. The third-order valence-corrected chi connectivity index (χ3v) is 6.03. The van der Waals surface area contributed by atoms with Crippen LogP contribution in [0.25, 0.3) is 0 Å². The van der Waals surface area contributed by atoms with E-state index in [1.165, 1.54) is 0 Å². The van der Waals surface area contributed by atoms with E-state index in [0.29, 0.717) is 30.2 Å². The summed E-state index contributed by atoms with van der Waals surface area (Å²) >= 11 is 0. The average molecular weight is 439 g/mol. The van der Waals surface area contributed by atoms with Gasteiger partial charge in [-0.1, -0.05) is 49.4 Å². The molecule has 3 aromatic rings. The Hall–Kier alpha value is -3.16. The van der Waals surface area contributed by atoms with E-state index in [1.54, 1.807) is 36.4 Å². The second-order valence-electron chi connectivity index (χ2n) is 7.00. The molecule has 0 saturated heterocycles. The highest BCUT2D eigenvalue weighted by Gasteiger charge is 2.13. The minimum Gasteiger partial charge on any atom is -0.455 e. The minimum absolute atomic E-state index is 0.148. The van der Waals surface area contributed by atoms with Gasteiger partial charge in [-0.2, -0.15) is 0 Å². The number of rotatable bonds is 10. The molecule has 0 unspecified atom stereocenters. The molecule has 0 spiro atoms. The molecule has 3 rings (SSSR count). The van der Waals surface area contributed by atoms with Crippen LogP contribution in [-0.4, -0.2) is 20.9 Å². The van der Waals surface area contributed by atoms with Crippen LogP contribution in [0.3, 0.4) is 0 Å². The van der Waals surface area contributed by atoms with E-state index < -0.39 is 10.0 Å². The molecule has 0 saturated carbocycles. The zero-order valence-corrected chi connectivity index (χ0v) is 18.2. The van der Waals surface area contributed by atoms with Crippen molar-refractivity contribution < 1.29 is 17.9 Å². The molecular formula is C24H26N2O4S. The Morgan fingerprint density at radius 1 is 0.903 bits per heavy atom. The fourth-order valence-electron chi connectivity index (χ4n) is 2.90. The van der Waals surface area contributed by atoms with Crippen molar-refractivity contribution in [3.05, 3.63) is 84.4 Å². The smallest absolute Gasteiger partial charge is 0.240 e. The van der Waals surface area contributed by atoms with E-state index in [0.717, 1.165) is 12.0 Å². The van der Waals surface area contributed by atoms with Gasteiger partial charge in [-0.15, -0.1) is 0 Å². The van der Waals surface area contributed by atoms with Gasteiger partial charge in [0, 0.05) is 13.0 Å². The molecule has 7 heteroatoms. The number of carbonyl (C=O) groups excluding carboxylic acids is 1. The molecule has 0 heterocycles. The number of hydrogen-bond donors (Lipinski definition) is 2. The first-order chi connectivity index (χ1) is 15.0. The topological polar surface area (TPSA) is 84.5 Å². The van der Waals surface area contributed by atoms with Crippen molar-refractivity contribution >= 4 is 21.6 Å². The van der Waals surface area contributed by atoms with Crippen molar-refractivity contribution in [3.63, 3.8) is 0 Å². The molecule has 0 aliphatic rings. The predicted octanol–water partition coefficient (Wildman–Crippen LogP) is 4.74. The van der Waals surface area contributed by atoms with Gasteiger partial charge in [0.2, 0.25) is 15.9 Å². The zero-order valence-electron chi connectivity index (χ0n) is 17.4. The summed E-state index contributed by atoms with van der Waals surface area (Å²) in [4.78, 5) is 12.7. The van der Waals surface area contributed by atoms with Gasteiger partial charge in [-0.25, -0.2) is 13.1 Å². The van der Waals surface area contributed by atoms with E-state index in [-0.39, 0.29) is 17.2 Å². The predicted molar refractivity (Wildman–Crippen MR) is 122 cm³/mol. The SMILES string of the molecule is CCCNS(=O)(=O)c1ccc(CCC(=O)Nc2ccccc2Oc2ccccc2)cc1. The lowest BCUT2D eigenvalue weighted by atomic mass is 10.1. The van der Waals surface area contributed by atoms with Crippen LogP contribution in [0, 0.1) is 0 Å². The molecule has 0 atom stereocenters. The van der Waals surface area contributed by atoms with Gasteiger partial charge >= 0.3 is 0 Å². The zero-order chi connectivity index (χ0) is 22.1. The third kappa shape index (κ3) is 6.67. The fraction of sp³-hybridized carbons (Fsp3) is 0.208. The second kappa shape index (κ2) is 10.7. The number of hydrogen-bond acceptors (Lipinski definition) is 4. The Balaban J connectivity index is 1.57. The summed E-state index contributed by atoms with van der Waals surface area (Å²) < 4.78 is 32.7. The molecule has 0 bridgehead atoms. The monoisotopic (exact) mass is 438 g/mol. The van der Waals surface area contributed by atoms with Crippen LogP contribution >= 0.6 is 0 Å². The molecule has 0 radical (unpaired) electrons. The van der Waals surface area contributed by atoms with Crippen LogP contribution in [0.15, 0.2) is 83.8 Å². The minimum atomic E-state index is -3.48. The van der Waals surface area contributed by atoms with Gasteiger partial charge in [-0.3, -0.25) is 4.79 Å². The number of ether oxygens (including phenoxy) is 1. The van der Waals surface area contributed by atoms with Crippen LogP contribution in [0.2, 0.25) is 0 Å². The molecule has 162 valence electrons. The average Bonchev–Trinajstić information content (AvgIpc) is 2.79. The maximum Gasteiger partial charge on any atom is 0.240 e. The van der Waals surface area contributed by atoms with Gasteiger partial charge < -0.3 is 10.1 Å². The number of amides is 1. The first-order valence-electron chi connectivity index (χ1n) is 10.2. The van der Waals surface area contributed by atoms with E-state index in [2.05, 4.69) is 10.0 Å². The quantitative estimate of drug-likeness (QED) is 0.479. The van der Waals surface area contributed by atoms with E-state index in [1.807, 2.05) is 49.4 Å². The van der Waals surface area contributed by atoms with Crippen LogP contribution in [0.4, 0.5) is 5.69 Å². The van der Waals surface area contributed by atoms with E-state index >= 15 is 0 Å². The summed E-state index contributed by atoms with van der Waals surface area (Å²) in [7, 11) is -3.48. The standard InChI is InChI=1S/C24H26N2O4S/c1-2-18-25-31(28,29)21-15-12-19(13-16-21)14-17-24(27)26-22-10-6-7-11-23(22)30-20-8-4-3-5-9-20/h3-13,15-16,25H,2,14,17-18H2,1H3,(H,26,27). The molecule has 0 aromatic heterocycles. The van der Waals surface area contributed by atoms with Crippen molar-refractivity contribution in [1.29, 1.82) is 0 Å². The first-order valence-corrected chi connectivity index (χ1v) is 11.7. The summed E-state index contributed by atoms with van der Waals surface area (Å²) in [5.41, 5.74) is 1.48. The summed E-state index contributed by atoms with van der Waals surface area (Å²) in [6.07, 6.45) is 1.49. The number of benzene rings is 3. The van der Waals surface area contributed by atoms with E-state index in [4.69, 9.17) is 4.74 Å². The third-order valence-electron chi connectivity index (χ3n) is 4.55. The van der Waals surface area contributed by atoms with Crippen LogP contribution in [0.5, 0.6) is 11.5 Å². The number of sulfonamides is 1. The second-order valence-corrected chi connectivity index (χ2v) is 8.77. The van der Waals surface area contributed by atoms with Gasteiger partial charge in [0.1, 0.15) is 5.75 Å². The fourth-order valence-corrected chi connectivity index (χ4v) is 4.03. The van der Waals surface area contributed by atoms with Crippen LogP contribution in [-0.2, 0) is 21.2 Å². The van der Waals surface area contributed by atoms with Gasteiger partial charge in [0.05, 0.1) is 10.6 Å². The number of carbonyl (C=O) groups is 1. The van der Waals surface area contributed by atoms with Crippen molar-refractivity contribution in [1.82, 2.24) is 4.72 Å². The molecule has 6 nitrogen and oxygen atoms in total. The lowest BCUT2D eigenvalue weighted by Gasteiger charge is -2.12. The first kappa shape index (κ1) is 22.5. The Morgan fingerprint density at radius 3 is 2.29 bits per heavy atom. The molecule has 0 fully saturated rings. The Kier molecular flexibility index (Phi) is 7.81. The van der Waals surface area contributed by atoms with Crippen molar-refractivity contribution in [2.24, 2.45) is 0 Å². The van der Waals surface area contributed by atoms with Gasteiger partial charge in [-0.05, 0) is 54.8 Å². The number of aryl methyl sites for hydroxylation is 1. The summed E-state index contributed by atoms with van der Waals surface area (Å²) in [6.45, 7) is 2.31. The number of para-hydroxylation sites is 3. The maximum absolute atomic E-state index is 12.5. The number of anilines is 1. The normalized spacial score (nSPS) is 11.1. The Bertz CT molecular complexity index is 1100. The summed E-state index contributed by atoms with van der Waals surface area (Å²) in [5.74, 6) is 1.11. The van der Waals surface area contributed by atoms with E-state index in [9.17, 15) is 13.2 Å². The lowest BCUT2D eigenvalue weighted by molar-refractivity contribution is -0.116. The molecule has 1 amide bonds. The largest absolute Gasteiger partial charge is 0.455 e. The molecule has 0 aliphatic heterocycles. The van der Waals surface area contributed by atoms with Crippen molar-refractivity contribution in [3.8, 4) is 11.5 Å². The highest BCUT2D eigenvalue weighted by molar-refractivity contribution is 7.89. The van der Waals surface area contributed by atoms with Crippen molar-refractivity contribution in [2.45, 2.75) is 31.1 Å². The van der Waals surface area contributed by atoms with Gasteiger partial charge in [0.15, 0.2) is 5.75 Å². The molecule has 0 aliphatic carbocycles. The van der Waals surface area contributed by atoms with Crippen LogP contribution in [0.1, 0.15) is 25.3 Å². The highest BCUT2D eigenvalue weighted by atomic mass is 32.2. The summed E-state index contributed by atoms with van der Waals surface area (Å²) in [6, 6.07) is 23.2. The maximum atomic E-state index is 12.5. The Morgan fingerprint density at radius 2 is 1.58 bits per heavy atom. The van der Waals surface area contributed by atoms with Crippen molar-refractivity contribution in [2.75, 3.05) is 11.9 Å². The van der Waals surface area contributed by atoms with Crippen LogP contribution < -0.4 is 14.8 Å². The Labute approximate surface area is 183 Å². The lowest BCUT2D eigenvalue weighted by Crippen LogP contribution is -2.24. The number of nitrogens with one attached hydrogen (secondary N) is 2. The molecule has 31 heavy (non-hydrogen) atoms. The highest BCUT2D eigenvalue weighted by Crippen LogP contribution is 2.29. The van der Waals surface area contributed by atoms with Gasteiger partial charge in [0.25, 0.3) is 0 Å². The molecule has 3 aromatic carbocycles. The molecule has 2 N–H and O–H groups in total.